The fraction of sp³-hybridized carbons (Fsp3) is 0.467. The van der Waals surface area contributed by atoms with Gasteiger partial charge in [0.25, 0.3) is 0 Å². The average molecular weight is 242 g/mol. The second-order valence-corrected chi connectivity index (χ2v) is 4.98. The van der Waals surface area contributed by atoms with Crippen molar-refractivity contribution >= 4 is 5.91 Å². The number of nitrogens with zero attached hydrogens (tertiary/aromatic N) is 1. The number of aryl methyl sites for hydroxylation is 1. The molecule has 2 rings (SSSR count). The third-order valence-corrected chi connectivity index (χ3v) is 3.80. The lowest BCUT2D eigenvalue weighted by Crippen LogP contribution is -2.45. The Bertz CT molecular complexity index is 484. The highest BCUT2D eigenvalue weighted by atomic mass is 16.2. The molecule has 0 saturated heterocycles. The smallest absolute Gasteiger partial charge is 0.240 e. The van der Waals surface area contributed by atoms with Gasteiger partial charge in [0.2, 0.25) is 5.91 Å². The van der Waals surface area contributed by atoms with Crippen LogP contribution in [0.15, 0.2) is 24.3 Å². The van der Waals surface area contributed by atoms with Crippen LogP contribution in [0.5, 0.6) is 0 Å². The summed E-state index contributed by atoms with van der Waals surface area (Å²) >= 11 is 0. The van der Waals surface area contributed by atoms with Crippen molar-refractivity contribution in [3.63, 3.8) is 0 Å². The summed E-state index contributed by atoms with van der Waals surface area (Å²) in [7, 11) is 0. The van der Waals surface area contributed by atoms with Gasteiger partial charge in [-0.2, -0.15) is 5.26 Å². The van der Waals surface area contributed by atoms with Crippen LogP contribution in [0.4, 0.5) is 0 Å². The molecule has 94 valence electrons. The summed E-state index contributed by atoms with van der Waals surface area (Å²) in [5.41, 5.74) is 1.76. The number of hydrogen-bond donors (Lipinski definition) is 1. The molecule has 0 bridgehead atoms. The van der Waals surface area contributed by atoms with Crippen LogP contribution in [-0.4, -0.2) is 12.5 Å². The maximum Gasteiger partial charge on any atom is 0.240 e. The molecule has 1 aliphatic carbocycles. The molecule has 1 aromatic carbocycles. The lowest BCUT2D eigenvalue weighted by Gasteiger charge is -2.33. The number of carbonyl (C=O) groups excluding carboxylic acids is 1. The average Bonchev–Trinajstić information content (AvgIpc) is 2.31. The quantitative estimate of drug-likeness (QED) is 0.881. The highest BCUT2D eigenvalue weighted by Crippen LogP contribution is 2.40. The summed E-state index contributed by atoms with van der Waals surface area (Å²) in [5.74, 6) is -0.0927. The lowest BCUT2D eigenvalue weighted by atomic mass is 9.69. The molecular formula is C15H18N2O. The van der Waals surface area contributed by atoms with Gasteiger partial charge in [-0.1, -0.05) is 24.3 Å². The molecule has 1 amide bonds. The van der Waals surface area contributed by atoms with E-state index in [1.165, 1.54) is 11.1 Å². The molecule has 0 unspecified atom stereocenters. The summed E-state index contributed by atoms with van der Waals surface area (Å²) < 4.78 is 0. The van der Waals surface area contributed by atoms with Crippen LogP contribution in [0.2, 0.25) is 0 Å². The minimum Gasteiger partial charge on any atom is -0.354 e. The summed E-state index contributed by atoms with van der Waals surface area (Å²) in [5, 5.41) is 11.9. The molecule has 1 fully saturated rings. The molecule has 0 heterocycles. The van der Waals surface area contributed by atoms with Gasteiger partial charge in [-0.25, -0.2) is 0 Å². The maximum atomic E-state index is 11.9. The third-order valence-electron chi connectivity index (χ3n) is 3.80. The van der Waals surface area contributed by atoms with Gasteiger partial charge < -0.3 is 5.32 Å². The Balaban J connectivity index is 1.85. The Hall–Kier alpha value is -1.82. The van der Waals surface area contributed by atoms with Gasteiger partial charge in [0.15, 0.2) is 0 Å². The fourth-order valence-corrected chi connectivity index (χ4v) is 2.29. The molecule has 0 radical (unpaired) electrons. The van der Waals surface area contributed by atoms with Crippen molar-refractivity contribution in [3.8, 4) is 6.07 Å². The summed E-state index contributed by atoms with van der Waals surface area (Å²) in [6.45, 7) is 2.67. The number of amides is 1. The molecule has 0 aromatic heterocycles. The Morgan fingerprint density at radius 1 is 1.44 bits per heavy atom. The molecule has 1 aliphatic rings. The summed E-state index contributed by atoms with van der Waals surface area (Å²) in [4.78, 5) is 11.9. The van der Waals surface area contributed by atoms with Crippen LogP contribution >= 0.6 is 0 Å². The van der Waals surface area contributed by atoms with Crippen LogP contribution < -0.4 is 5.32 Å². The lowest BCUT2D eigenvalue weighted by molar-refractivity contribution is -0.131. The zero-order valence-electron chi connectivity index (χ0n) is 10.7. The molecule has 1 saturated carbocycles. The maximum absolute atomic E-state index is 11.9. The first-order valence-electron chi connectivity index (χ1n) is 6.42. The first-order chi connectivity index (χ1) is 8.68. The van der Waals surface area contributed by atoms with Gasteiger partial charge in [0.05, 0.1) is 6.07 Å². The molecule has 0 spiro atoms. The van der Waals surface area contributed by atoms with Crippen molar-refractivity contribution in [2.75, 3.05) is 6.54 Å². The van der Waals surface area contributed by atoms with Gasteiger partial charge in [-0.15, -0.1) is 0 Å². The van der Waals surface area contributed by atoms with E-state index in [0.717, 1.165) is 12.8 Å². The largest absolute Gasteiger partial charge is 0.354 e. The van der Waals surface area contributed by atoms with E-state index in [0.29, 0.717) is 19.4 Å². The standard InChI is InChI=1S/C15H18N2O/c1-12-5-2-3-6-13(12)7-10-17-14(18)15(11-16)8-4-9-15/h2-3,5-6H,4,7-10H2,1H3,(H,17,18). The molecule has 1 aromatic rings. The van der Waals surface area contributed by atoms with Crippen molar-refractivity contribution in [1.82, 2.24) is 5.32 Å². The van der Waals surface area contributed by atoms with E-state index >= 15 is 0 Å². The van der Waals surface area contributed by atoms with Gasteiger partial charge in [-0.3, -0.25) is 4.79 Å². The summed E-state index contributed by atoms with van der Waals surface area (Å²) in [6, 6.07) is 10.3. The third kappa shape index (κ3) is 2.38. The molecule has 1 N–H and O–H groups in total. The van der Waals surface area contributed by atoms with Gasteiger partial charge in [0.1, 0.15) is 5.41 Å². The van der Waals surface area contributed by atoms with Crippen molar-refractivity contribution in [2.45, 2.75) is 32.6 Å². The highest BCUT2D eigenvalue weighted by molar-refractivity contribution is 5.86. The van der Waals surface area contributed by atoms with E-state index in [2.05, 4.69) is 30.4 Å². The first kappa shape index (κ1) is 12.6. The number of hydrogen-bond acceptors (Lipinski definition) is 2. The van der Waals surface area contributed by atoms with Gasteiger partial charge in [-0.05, 0) is 43.7 Å². The Morgan fingerprint density at radius 2 is 2.17 bits per heavy atom. The van der Waals surface area contributed by atoms with Crippen LogP contribution in [0.1, 0.15) is 30.4 Å². The summed E-state index contributed by atoms with van der Waals surface area (Å²) in [6.07, 6.45) is 3.22. The Labute approximate surface area is 108 Å². The van der Waals surface area contributed by atoms with Crippen molar-refractivity contribution in [1.29, 1.82) is 5.26 Å². The van der Waals surface area contributed by atoms with E-state index in [1.54, 1.807) is 0 Å². The number of benzene rings is 1. The first-order valence-corrected chi connectivity index (χ1v) is 6.42. The van der Waals surface area contributed by atoms with Crippen LogP contribution in [0.25, 0.3) is 0 Å². The minimum atomic E-state index is -0.730. The number of carbonyl (C=O) groups is 1. The number of nitriles is 1. The van der Waals surface area contributed by atoms with E-state index in [1.807, 2.05) is 12.1 Å². The van der Waals surface area contributed by atoms with Crippen molar-refractivity contribution in [2.24, 2.45) is 5.41 Å². The molecule has 0 aliphatic heterocycles. The molecule has 3 nitrogen and oxygen atoms in total. The van der Waals surface area contributed by atoms with Gasteiger partial charge >= 0.3 is 0 Å². The minimum absolute atomic E-state index is 0.0927. The zero-order valence-corrected chi connectivity index (χ0v) is 10.7. The topological polar surface area (TPSA) is 52.9 Å². The van der Waals surface area contributed by atoms with Gasteiger partial charge in [0, 0.05) is 6.54 Å². The molecule has 18 heavy (non-hydrogen) atoms. The SMILES string of the molecule is Cc1ccccc1CCNC(=O)C1(C#N)CCC1. The van der Waals surface area contributed by atoms with Crippen molar-refractivity contribution in [3.05, 3.63) is 35.4 Å². The number of nitrogens with one attached hydrogen (secondary N) is 1. The predicted molar refractivity (Wildman–Crippen MR) is 69.8 cm³/mol. The molecular weight excluding hydrogens is 224 g/mol. The highest BCUT2D eigenvalue weighted by Gasteiger charge is 2.44. The van der Waals surface area contributed by atoms with E-state index < -0.39 is 5.41 Å². The molecule has 3 heteroatoms. The zero-order chi connectivity index (χ0) is 13.0. The van der Waals surface area contributed by atoms with Crippen LogP contribution in [-0.2, 0) is 11.2 Å². The predicted octanol–water partition coefficient (Wildman–Crippen LogP) is 2.35. The fourth-order valence-electron chi connectivity index (χ4n) is 2.29. The van der Waals surface area contributed by atoms with Crippen LogP contribution in [0, 0.1) is 23.7 Å². The Kier molecular flexibility index (Phi) is 3.66. The van der Waals surface area contributed by atoms with Crippen LogP contribution in [0.3, 0.4) is 0 Å². The second kappa shape index (κ2) is 5.22. The van der Waals surface area contributed by atoms with E-state index in [-0.39, 0.29) is 5.91 Å². The number of rotatable bonds is 4. The van der Waals surface area contributed by atoms with E-state index in [9.17, 15) is 4.79 Å². The second-order valence-electron chi connectivity index (χ2n) is 4.98. The monoisotopic (exact) mass is 242 g/mol. The Morgan fingerprint density at radius 3 is 2.72 bits per heavy atom. The van der Waals surface area contributed by atoms with E-state index in [4.69, 9.17) is 5.26 Å². The van der Waals surface area contributed by atoms with Crippen molar-refractivity contribution < 1.29 is 4.79 Å². The molecule has 0 atom stereocenters. The normalized spacial score (nSPS) is 16.4.